The van der Waals surface area contributed by atoms with E-state index in [0.29, 0.717) is 17.1 Å². The van der Waals surface area contributed by atoms with Gasteiger partial charge in [0, 0.05) is 28.7 Å². The topological polar surface area (TPSA) is 62.7 Å². The van der Waals surface area contributed by atoms with Gasteiger partial charge in [-0.05, 0) is 80.8 Å². The summed E-state index contributed by atoms with van der Waals surface area (Å²) in [5, 5.41) is 11.7. The van der Waals surface area contributed by atoms with E-state index in [1.165, 1.54) is 0 Å². The van der Waals surface area contributed by atoms with Crippen LogP contribution in [0.4, 0.5) is 5.69 Å². The molecule has 6 heteroatoms. The van der Waals surface area contributed by atoms with Gasteiger partial charge in [-0.3, -0.25) is 4.98 Å². The van der Waals surface area contributed by atoms with Crippen molar-refractivity contribution in [1.82, 2.24) is 4.98 Å². The Hall–Kier alpha value is -3.41. The molecule has 36 heavy (non-hydrogen) atoms. The molecule has 4 aromatic rings. The first-order chi connectivity index (χ1) is 17.0. The fraction of sp³-hybridized carbons (Fsp3) is 0.267. The van der Waals surface area contributed by atoms with Crippen molar-refractivity contribution >= 4 is 34.2 Å². The van der Waals surface area contributed by atoms with E-state index in [1.54, 1.807) is 0 Å². The highest BCUT2D eigenvalue weighted by molar-refractivity contribution is 6.30. The highest BCUT2D eigenvalue weighted by atomic mass is 35.5. The molecule has 5 nitrogen and oxygen atoms in total. The fourth-order valence-corrected chi connectivity index (χ4v) is 4.55. The first kappa shape index (κ1) is 25.7. The Kier molecular flexibility index (Phi) is 7.34. The fourth-order valence-electron chi connectivity index (χ4n) is 4.42. The molecule has 0 spiro atoms. The van der Waals surface area contributed by atoms with Crippen LogP contribution < -0.4 is 4.90 Å². The Labute approximate surface area is 217 Å². The van der Waals surface area contributed by atoms with Gasteiger partial charge in [0.05, 0.1) is 23.4 Å². The van der Waals surface area contributed by atoms with Gasteiger partial charge in [-0.1, -0.05) is 48.0 Å². The summed E-state index contributed by atoms with van der Waals surface area (Å²) in [5.41, 5.74) is 5.29. The van der Waals surface area contributed by atoms with Crippen LogP contribution in [0, 0.1) is 6.92 Å². The zero-order valence-corrected chi connectivity index (χ0v) is 22.0. The molecule has 186 valence electrons. The number of pyridine rings is 1. The van der Waals surface area contributed by atoms with Crippen LogP contribution in [0.1, 0.15) is 43.7 Å². The highest BCUT2D eigenvalue weighted by Crippen LogP contribution is 2.40. The van der Waals surface area contributed by atoms with Crippen LogP contribution in [0.3, 0.4) is 0 Å². The quantitative estimate of drug-likeness (QED) is 0.284. The molecular formula is C30H31ClN2O3. The van der Waals surface area contributed by atoms with Gasteiger partial charge < -0.3 is 14.7 Å². The Balaban J connectivity index is 1.88. The predicted molar refractivity (Wildman–Crippen MR) is 147 cm³/mol. The number of fused-ring (bicyclic) bond motifs is 1. The predicted octanol–water partition coefficient (Wildman–Crippen LogP) is 7.44. The number of aryl methyl sites for hydroxylation is 1. The summed E-state index contributed by atoms with van der Waals surface area (Å²) in [5.74, 6) is -1.03. The minimum atomic E-state index is -1.14. The van der Waals surface area contributed by atoms with Crippen LogP contribution in [0.2, 0.25) is 5.02 Å². The maximum absolute atomic E-state index is 12.4. The van der Waals surface area contributed by atoms with Crippen molar-refractivity contribution in [1.29, 1.82) is 0 Å². The molecule has 0 aliphatic carbocycles. The van der Waals surface area contributed by atoms with Crippen molar-refractivity contribution in [3.8, 4) is 11.1 Å². The third kappa shape index (κ3) is 5.69. The minimum Gasteiger partial charge on any atom is -0.479 e. The SMILES string of the molecule is Cc1cc2nc(CN(C)c3ccccc3)ccc2c(-c2ccc(Cl)cc2)c1C(OC(C)(C)C)C(=O)O. The Bertz CT molecular complexity index is 1380. The average Bonchev–Trinajstić information content (AvgIpc) is 2.82. The van der Waals surface area contributed by atoms with E-state index in [4.69, 9.17) is 21.3 Å². The Morgan fingerprint density at radius 3 is 2.33 bits per heavy atom. The number of anilines is 1. The summed E-state index contributed by atoms with van der Waals surface area (Å²) in [6.45, 7) is 8.14. The maximum atomic E-state index is 12.4. The van der Waals surface area contributed by atoms with Gasteiger partial charge >= 0.3 is 5.97 Å². The number of aromatic nitrogens is 1. The standard InChI is InChI=1S/C30H31ClN2O3/c1-19-17-25-24(16-15-22(32-25)18-33(5)23-9-7-6-8-10-23)27(20-11-13-21(31)14-12-20)26(19)28(29(34)35)36-30(2,3)4/h6-17,28H,18H2,1-5H3,(H,34,35). The number of benzene rings is 3. The van der Waals surface area contributed by atoms with Gasteiger partial charge in [0.25, 0.3) is 0 Å². The van der Waals surface area contributed by atoms with Crippen LogP contribution in [-0.2, 0) is 16.1 Å². The molecule has 3 aromatic carbocycles. The molecule has 1 N–H and O–H groups in total. The van der Waals surface area contributed by atoms with Crippen LogP contribution >= 0.6 is 11.6 Å². The molecule has 0 saturated heterocycles. The molecule has 1 heterocycles. The maximum Gasteiger partial charge on any atom is 0.337 e. The molecule has 0 aliphatic heterocycles. The third-order valence-corrected chi connectivity index (χ3v) is 6.24. The number of hydrogen-bond acceptors (Lipinski definition) is 4. The van der Waals surface area contributed by atoms with E-state index in [2.05, 4.69) is 17.0 Å². The average molecular weight is 503 g/mol. The van der Waals surface area contributed by atoms with E-state index in [1.807, 2.05) is 95.4 Å². The molecule has 1 unspecified atom stereocenters. The number of aliphatic carboxylic acids is 1. The van der Waals surface area contributed by atoms with Crippen LogP contribution in [0.5, 0.6) is 0 Å². The second kappa shape index (κ2) is 10.3. The van der Waals surface area contributed by atoms with E-state index < -0.39 is 17.7 Å². The van der Waals surface area contributed by atoms with Gasteiger partial charge in [0.15, 0.2) is 6.10 Å². The van der Waals surface area contributed by atoms with Crippen LogP contribution in [-0.4, -0.2) is 28.7 Å². The van der Waals surface area contributed by atoms with Crippen LogP contribution in [0.15, 0.2) is 72.8 Å². The Morgan fingerprint density at radius 2 is 1.72 bits per heavy atom. The summed E-state index contributed by atoms with van der Waals surface area (Å²) in [4.78, 5) is 19.6. The first-order valence-electron chi connectivity index (χ1n) is 11.9. The molecule has 0 bridgehead atoms. The summed E-state index contributed by atoms with van der Waals surface area (Å²) >= 11 is 6.17. The molecule has 1 atom stereocenters. The lowest BCUT2D eigenvalue weighted by molar-refractivity contribution is -0.160. The second-order valence-corrected chi connectivity index (χ2v) is 10.4. The van der Waals surface area contributed by atoms with Gasteiger partial charge in [-0.25, -0.2) is 4.79 Å². The molecule has 0 fully saturated rings. The summed E-state index contributed by atoms with van der Waals surface area (Å²) < 4.78 is 6.07. The van der Waals surface area contributed by atoms with E-state index in [0.717, 1.165) is 39.0 Å². The van der Waals surface area contributed by atoms with E-state index >= 15 is 0 Å². The number of rotatable bonds is 7. The van der Waals surface area contributed by atoms with Crippen molar-refractivity contribution in [2.24, 2.45) is 0 Å². The Morgan fingerprint density at radius 1 is 1.06 bits per heavy atom. The third-order valence-electron chi connectivity index (χ3n) is 5.99. The van der Waals surface area contributed by atoms with Gasteiger partial charge in [0.1, 0.15) is 0 Å². The summed E-state index contributed by atoms with van der Waals surface area (Å²) in [6, 6.07) is 23.6. The molecule has 0 aliphatic rings. The zero-order chi connectivity index (χ0) is 26.0. The molecule has 0 saturated carbocycles. The molecule has 4 rings (SSSR count). The number of para-hydroxylation sites is 1. The zero-order valence-electron chi connectivity index (χ0n) is 21.2. The lowest BCUT2D eigenvalue weighted by Gasteiger charge is -2.28. The highest BCUT2D eigenvalue weighted by Gasteiger charge is 2.31. The van der Waals surface area contributed by atoms with Gasteiger partial charge in [-0.15, -0.1) is 0 Å². The van der Waals surface area contributed by atoms with E-state index in [-0.39, 0.29) is 0 Å². The van der Waals surface area contributed by atoms with Crippen molar-refractivity contribution in [3.05, 3.63) is 94.6 Å². The second-order valence-electron chi connectivity index (χ2n) is 10.00. The van der Waals surface area contributed by atoms with Crippen LogP contribution in [0.25, 0.3) is 22.0 Å². The van der Waals surface area contributed by atoms with Gasteiger partial charge in [0.2, 0.25) is 0 Å². The lowest BCUT2D eigenvalue weighted by atomic mass is 9.88. The molecular weight excluding hydrogens is 472 g/mol. The number of nitrogens with zero attached hydrogens (tertiary/aromatic N) is 2. The molecule has 1 aromatic heterocycles. The molecule has 0 amide bonds. The number of carbonyl (C=O) groups is 1. The number of carboxylic acid groups (broad SMARTS) is 1. The van der Waals surface area contributed by atoms with Gasteiger partial charge in [-0.2, -0.15) is 0 Å². The van der Waals surface area contributed by atoms with Crippen molar-refractivity contribution in [2.75, 3.05) is 11.9 Å². The normalized spacial score (nSPS) is 12.5. The number of carboxylic acids is 1. The van der Waals surface area contributed by atoms with Crippen molar-refractivity contribution < 1.29 is 14.6 Å². The summed E-state index contributed by atoms with van der Waals surface area (Å²) in [7, 11) is 2.04. The molecule has 0 radical (unpaired) electrons. The smallest absolute Gasteiger partial charge is 0.337 e. The summed E-state index contributed by atoms with van der Waals surface area (Å²) in [6.07, 6.45) is -1.14. The number of ether oxygens (including phenoxy) is 1. The number of halogens is 1. The lowest BCUT2D eigenvalue weighted by Crippen LogP contribution is -2.28. The van der Waals surface area contributed by atoms with E-state index in [9.17, 15) is 9.90 Å². The first-order valence-corrected chi connectivity index (χ1v) is 12.3. The monoisotopic (exact) mass is 502 g/mol. The van der Waals surface area contributed by atoms with Crippen molar-refractivity contribution in [3.63, 3.8) is 0 Å². The largest absolute Gasteiger partial charge is 0.479 e. The number of hydrogen-bond donors (Lipinski definition) is 1. The minimum absolute atomic E-state index is 0.613. The van der Waals surface area contributed by atoms with Crippen molar-refractivity contribution in [2.45, 2.75) is 45.9 Å².